The van der Waals surface area contributed by atoms with Crippen molar-refractivity contribution in [3.05, 3.63) is 35.9 Å². The lowest BCUT2D eigenvalue weighted by molar-refractivity contribution is 0.479. The molecule has 0 radical (unpaired) electrons. The molecule has 0 spiro atoms. The number of piperidine rings is 1. The molecule has 3 nitrogen and oxygen atoms in total. The molecule has 1 saturated heterocycles. The largest absolute Gasteiger partial charge is 0.314 e. The number of nitrogens with zero attached hydrogens (tertiary/aromatic N) is 1. The summed E-state index contributed by atoms with van der Waals surface area (Å²) < 4.78 is 0. The van der Waals surface area contributed by atoms with Crippen LogP contribution in [0.3, 0.4) is 0 Å². The summed E-state index contributed by atoms with van der Waals surface area (Å²) in [5, 5.41) is 16.0. The zero-order valence-electron chi connectivity index (χ0n) is 9.11. The highest BCUT2D eigenvalue weighted by atomic mass is 15.2. The van der Waals surface area contributed by atoms with E-state index < -0.39 is 0 Å². The predicted octanol–water partition coefficient (Wildman–Crippen LogP) is 0.888. The quantitative estimate of drug-likeness (QED) is 0.784. The molecule has 2 fully saturated rings. The topological polar surface area (TPSA) is 47.9 Å². The monoisotopic (exact) mass is 213 g/mol. The summed E-state index contributed by atoms with van der Waals surface area (Å²) in [5.74, 6) is 0.721. The highest BCUT2D eigenvalue weighted by molar-refractivity contribution is 5.30. The molecule has 0 amide bonds. The molecule has 3 heteroatoms. The number of nitrogens with one attached hydrogen (secondary N) is 2. The number of rotatable bonds is 3. The first-order chi connectivity index (χ1) is 7.87. The molecular weight excluding hydrogens is 198 g/mol. The first-order valence-corrected chi connectivity index (χ1v) is 5.76. The standard InChI is InChI=1S/C13H15N3/c14-6-11-12-8-15-9-13(11,12)16-7-10-4-2-1-3-5-10/h1-5,11-12,15-16H,7-9H2. The van der Waals surface area contributed by atoms with Crippen LogP contribution in [0, 0.1) is 23.2 Å². The maximum atomic E-state index is 9.06. The highest BCUT2D eigenvalue weighted by Crippen LogP contribution is 2.52. The maximum absolute atomic E-state index is 9.06. The zero-order valence-corrected chi connectivity index (χ0v) is 9.11. The Bertz CT molecular complexity index is 423. The van der Waals surface area contributed by atoms with Gasteiger partial charge in [0.05, 0.1) is 17.5 Å². The van der Waals surface area contributed by atoms with Gasteiger partial charge >= 0.3 is 0 Å². The van der Waals surface area contributed by atoms with Crippen molar-refractivity contribution in [3.63, 3.8) is 0 Å². The molecule has 1 aliphatic heterocycles. The second kappa shape index (κ2) is 3.58. The number of nitriles is 1. The number of fused-ring (bicyclic) bond motifs is 1. The third-order valence-corrected chi connectivity index (χ3v) is 3.90. The lowest BCUT2D eigenvalue weighted by Gasteiger charge is -2.15. The van der Waals surface area contributed by atoms with Gasteiger partial charge in [-0.15, -0.1) is 0 Å². The van der Waals surface area contributed by atoms with E-state index in [0.29, 0.717) is 5.92 Å². The van der Waals surface area contributed by atoms with Crippen molar-refractivity contribution < 1.29 is 0 Å². The van der Waals surface area contributed by atoms with Gasteiger partial charge in [-0.3, -0.25) is 0 Å². The third kappa shape index (κ3) is 1.35. The second-order valence-electron chi connectivity index (χ2n) is 4.72. The molecule has 16 heavy (non-hydrogen) atoms. The van der Waals surface area contributed by atoms with Gasteiger partial charge in [0.1, 0.15) is 0 Å². The molecule has 1 aliphatic carbocycles. The van der Waals surface area contributed by atoms with E-state index in [2.05, 4.69) is 28.8 Å². The molecule has 1 aromatic rings. The Kier molecular flexibility index (Phi) is 2.20. The van der Waals surface area contributed by atoms with E-state index in [1.807, 2.05) is 18.2 Å². The summed E-state index contributed by atoms with van der Waals surface area (Å²) in [6, 6.07) is 12.8. The molecular formula is C13H15N3. The van der Waals surface area contributed by atoms with Crippen LogP contribution in [0.5, 0.6) is 0 Å². The molecule has 3 rings (SSSR count). The van der Waals surface area contributed by atoms with Gasteiger partial charge in [0.15, 0.2) is 0 Å². The molecule has 2 aliphatic rings. The SMILES string of the molecule is N#CC1C2CNCC12NCc1ccccc1. The van der Waals surface area contributed by atoms with Crippen molar-refractivity contribution >= 4 is 0 Å². The Hall–Kier alpha value is -1.37. The van der Waals surface area contributed by atoms with Gasteiger partial charge < -0.3 is 10.6 Å². The Morgan fingerprint density at radius 3 is 2.94 bits per heavy atom. The summed E-state index contributed by atoms with van der Waals surface area (Å²) in [5.41, 5.74) is 1.34. The van der Waals surface area contributed by atoms with Crippen LogP contribution in [0.15, 0.2) is 30.3 Å². The second-order valence-corrected chi connectivity index (χ2v) is 4.72. The summed E-state index contributed by atoms with van der Waals surface area (Å²) in [4.78, 5) is 0. The van der Waals surface area contributed by atoms with Crippen molar-refractivity contribution in [2.75, 3.05) is 13.1 Å². The van der Waals surface area contributed by atoms with Crippen LogP contribution < -0.4 is 10.6 Å². The third-order valence-electron chi connectivity index (χ3n) is 3.90. The van der Waals surface area contributed by atoms with Gasteiger partial charge in [0.25, 0.3) is 0 Å². The molecule has 2 N–H and O–H groups in total. The number of hydrogen-bond donors (Lipinski definition) is 2. The average Bonchev–Trinajstić information content (AvgIpc) is 2.74. The number of hydrogen-bond acceptors (Lipinski definition) is 3. The lowest BCUT2D eigenvalue weighted by atomic mass is 10.1. The molecule has 0 aromatic heterocycles. The van der Waals surface area contributed by atoms with E-state index in [0.717, 1.165) is 19.6 Å². The van der Waals surface area contributed by atoms with Crippen LogP contribution in [0.2, 0.25) is 0 Å². The normalized spacial score (nSPS) is 35.4. The van der Waals surface area contributed by atoms with E-state index in [4.69, 9.17) is 5.26 Å². The summed E-state index contributed by atoms with van der Waals surface area (Å²) in [6.07, 6.45) is 0. The van der Waals surface area contributed by atoms with E-state index in [1.165, 1.54) is 5.56 Å². The van der Waals surface area contributed by atoms with E-state index >= 15 is 0 Å². The van der Waals surface area contributed by atoms with Crippen LogP contribution in [0.1, 0.15) is 5.56 Å². The molecule has 3 unspecified atom stereocenters. The van der Waals surface area contributed by atoms with Crippen LogP contribution in [-0.2, 0) is 6.54 Å². The van der Waals surface area contributed by atoms with Crippen molar-refractivity contribution in [2.24, 2.45) is 11.8 Å². The smallest absolute Gasteiger partial charge is 0.0720 e. The molecule has 1 heterocycles. The number of benzene rings is 1. The molecule has 82 valence electrons. The van der Waals surface area contributed by atoms with Crippen molar-refractivity contribution in [3.8, 4) is 6.07 Å². The zero-order chi connectivity index (χ0) is 11.0. The van der Waals surface area contributed by atoms with E-state index in [1.54, 1.807) is 0 Å². The summed E-state index contributed by atoms with van der Waals surface area (Å²) >= 11 is 0. The van der Waals surface area contributed by atoms with E-state index in [-0.39, 0.29) is 11.5 Å². The lowest BCUT2D eigenvalue weighted by Crippen LogP contribution is -2.38. The maximum Gasteiger partial charge on any atom is 0.0720 e. The average molecular weight is 213 g/mol. The van der Waals surface area contributed by atoms with Crippen molar-refractivity contribution in [1.82, 2.24) is 10.6 Å². The van der Waals surface area contributed by atoms with E-state index in [9.17, 15) is 0 Å². The predicted molar refractivity (Wildman–Crippen MR) is 61.5 cm³/mol. The fourth-order valence-electron chi connectivity index (χ4n) is 2.87. The minimum Gasteiger partial charge on any atom is -0.314 e. The van der Waals surface area contributed by atoms with Crippen LogP contribution in [0.25, 0.3) is 0 Å². The van der Waals surface area contributed by atoms with Crippen LogP contribution in [-0.4, -0.2) is 18.6 Å². The minimum atomic E-state index is 0.0601. The Morgan fingerprint density at radius 2 is 2.25 bits per heavy atom. The van der Waals surface area contributed by atoms with Gasteiger partial charge in [0, 0.05) is 25.6 Å². The van der Waals surface area contributed by atoms with Crippen LogP contribution >= 0.6 is 0 Å². The molecule has 1 aromatic carbocycles. The Morgan fingerprint density at radius 1 is 1.44 bits per heavy atom. The van der Waals surface area contributed by atoms with Gasteiger partial charge in [-0.1, -0.05) is 30.3 Å². The van der Waals surface area contributed by atoms with Crippen molar-refractivity contribution in [2.45, 2.75) is 12.1 Å². The van der Waals surface area contributed by atoms with Crippen LogP contribution in [0.4, 0.5) is 0 Å². The first kappa shape index (κ1) is 9.83. The molecule has 0 bridgehead atoms. The minimum absolute atomic E-state index is 0.0601. The first-order valence-electron chi connectivity index (χ1n) is 5.76. The summed E-state index contributed by atoms with van der Waals surface area (Å²) in [7, 11) is 0. The van der Waals surface area contributed by atoms with Gasteiger partial charge in [-0.25, -0.2) is 0 Å². The fourth-order valence-corrected chi connectivity index (χ4v) is 2.87. The Labute approximate surface area is 95.5 Å². The fraction of sp³-hybridized carbons (Fsp3) is 0.462. The summed E-state index contributed by atoms with van der Waals surface area (Å²) in [6.45, 7) is 2.78. The van der Waals surface area contributed by atoms with Crippen molar-refractivity contribution in [1.29, 1.82) is 5.26 Å². The van der Waals surface area contributed by atoms with Gasteiger partial charge in [-0.05, 0) is 5.56 Å². The Balaban J connectivity index is 1.66. The molecule has 3 atom stereocenters. The van der Waals surface area contributed by atoms with Gasteiger partial charge in [0.2, 0.25) is 0 Å². The highest BCUT2D eigenvalue weighted by Gasteiger charge is 2.67. The molecule has 1 saturated carbocycles. The van der Waals surface area contributed by atoms with Gasteiger partial charge in [-0.2, -0.15) is 5.26 Å².